The summed E-state index contributed by atoms with van der Waals surface area (Å²) < 4.78 is 1.96. The minimum absolute atomic E-state index is 0.0464. The molecule has 25 heavy (non-hydrogen) atoms. The van der Waals surface area contributed by atoms with E-state index in [0.717, 1.165) is 13.1 Å². The summed E-state index contributed by atoms with van der Waals surface area (Å²) in [5.74, 6) is 0.880. The van der Waals surface area contributed by atoms with Gasteiger partial charge in [0.1, 0.15) is 0 Å². The van der Waals surface area contributed by atoms with Gasteiger partial charge in [-0.2, -0.15) is 5.10 Å². The maximum atomic E-state index is 12.5. The summed E-state index contributed by atoms with van der Waals surface area (Å²) in [4.78, 5) is 14.6. The Morgan fingerprint density at radius 3 is 2.84 bits per heavy atom. The van der Waals surface area contributed by atoms with E-state index in [1.165, 1.54) is 30.3 Å². The highest BCUT2D eigenvalue weighted by Crippen LogP contribution is 2.53. The summed E-state index contributed by atoms with van der Waals surface area (Å²) in [6, 6.07) is 6.41. The van der Waals surface area contributed by atoms with Crippen LogP contribution in [-0.4, -0.2) is 44.2 Å². The first-order valence-corrected chi connectivity index (χ1v) is 9.38. The first-order valence-electron chi connectivity index (χ1n) is 9.38. The number of nitrogens with zero attached hydrogens (tertiary/aromatic N) is 3. The Balaban J connectivity index is 1.25. The van der Waals surface area contributed by atoms with Crippen LogP contribution in [0.5, 0.6) is 0 Å². The molecule has 1 saturated heterocycles. The quantitative estimate of drug-likeness (QED) is 0.915. The number of carbonyl (C=O) groups is 1. The smallest absolute Gasteiger partial charge is 0.225 e. The van der Waals surface area contributed by atoms with Crippen LogP contribution in [0.4, 0.5) is 0 Å². The molecule has 3 aliphatic rings. The molecule has 0 aromatic carbocycles. The highest BCUT2D eigenvalue weighted by atomic mass is 16.3. The summed E-state index contributed by atoms with van der Waals surface area (Å²) in [6.45, 7) is 3.64. The topological polar surface area (TPSA) is 57.8 Å². The Kier molecular flexibility index (Phi) is 3.12. The van der Waals surface area contributed by atoms with Crippen molar-refractivity contribution in [1.82, 2.24) is 14.5 Å². The fourth-order valence-electron chi connectivity index (χ4n) is 5.43. The van der Waals surface area contributed by atoms with Crippen molar-refractivity contribution in [3.8, 4) is 0 Å². The molecule has 5 nitrogen and oxygen atoms in total. The van der Waals surface area contributed by atoms with Crippen molar-refractivity contribution in [3.05, 3.63) is 36.2 Å². The zero-order valence-electron chi connectivity index (χ0n) is 14.7. The van der Waals surface area contributed by atoms with Crippen LogP contribution >= 0.6 is 0 Å². The van der Waals surface area contributed by atoms with E-state index in [4.69, 9.17) is 0 Å². The number of pyridine rings is 1. The normalized spacial score (nSPS) is 33.4. The molecule has 2 aliphatic carbocycles. The molecule has 1 aliphatic heterocycles. The van der Waals surface area contributed by atoms with Gasteiger partial charge in [-0.25, -0.2) is 4.52 Å². The Hall–Kier alpha value is -1.88. The molecule has 2 saturated carbocycles. The molecule has 5 heteroatoms. The lowest BCUT2D eigenvalue weighted by atomic mass is 9.69. The van der Waals surface area contributed by atoms with E-state index in [9.17, 15) is 9.90 Å². The van der Waals surface area contributed by atoms with Crippen LogP contribution in [-0.2, 0) is 4.79 Å². The number of likely N-dealkylation sites (tertiary alicyclic amines) is 1. The third kappa shape index (κ3) is 2.40. The van der Waals surface area contributed by atoms with Crippen LogP contribution in [0.3, 0.4) is 0 Å². The molecule has 2 aromatic rings. The van der Waals surface area contributed by atoms with Crippen LogP contribution in [0.2, 0.25) is 0 Å². The lowest BCUT2D eigenvalue weighted by molar-refractivity contribution is -0.161. The van der Waals surface area contributed by atoms with Crippen LogP contribution in [0.1, 0.15) is 50.5 Å². The predicted octanol–water partition coefficient (Wildman–Crippen LogP) is 2.59. The highest BCUT2D eigenvalue weighted by molar-refractivity contribution is 5.81. The molecule has 2 aromatic heterocycles. The van der Waals surface area contributed by atoms with Gasteiger partial charge in [-0.15, -0.1) is 0 Å². The lowest BCUT2D eigenvalue weighted by Crippen LogP contribution is -2.61. The summed E-state index contributed by atoms with van der Waals surface area (Å²) in [5, 5.41) is 14.2. The van der Waals surface area contributed by atoms with E-state index in [1.807, 2.05) is 28.7 Å². The molecule has 3 fully saturated rings. The maximum absolute atomic E-state index is 12.5. The van der Waals surface area contributed by atoms with Crippen LogP contribution in [0.15, 0.2) is 30.6 Å². The fraction of sp³-hybridized carbons (Fsp3) is 0.600. The van der Waals surface area contributed by atoms with Gasteiger partial charge in [0, 0.05) is 36.8 Å². The highest BCUT2D eigenvalue weighted by Gasteiger charge is 2.53. The summed E-state index contributed by atoms with van der Waals surface area (Å²) in [7, 11) is 0. The number of amides is 1. The SMILES string of the molecule is C[C@]1(O)C[C@@H](C(=O)N2CC3(CCC(c4cccn5nccc45)C3)C2)C1. The van der Waals surface area contributed by atoms with Crippen molar-refractivity contribution in [1.29, 1.82) is 0 Å². The largest absolute Gasteiger partial charge is 0.390 e. The number of hydrogen-bond acceptors (Lipinski definition) is 3. The Bertz CT molecular complexity index is 826. The molecule has 132 valence electrons. The third-order valence-electron chi connectivity index (χ3n) is 6.70. The van der Waals surface area contributed by atoms with Crippen molar-refractivity contribution in [2.75, 3.05) is 13.1 Å². The number of carbonyl (C=O) groups excluding carboxylic acids is 1. The van der Waals surface area contributed by atoms with Crippen molar-refractivity contribution in [3.63, 3.8) is 0 Å². The maximum Gasteiger partial charge on any atom is 0.225 e. The van der Waals surface area contributed by atoms with Crippen LogP contribution in [0, 0.1) is 11.3 Å². The monoisotopic (exact) mass is 339 g/mol. The standard InChI is InChI=1S/C20H25N3O2/c1-19(25)9-15(10-19)18(24)22-12-20(13-22)6-4-14(11-20)16-3-2-8-23-17(16)5-7-21-23/h2-3,5,7-8,14-15,25H,4,6,9-13H2,1H3/t14?,15-,19+. The molecule has 1 amide bonds. The first-order chi connectivity index (χ1) is 11.9. The zero-order valence-corrected chi connectivity index (χ0v) is 14.7. The van der Waals surface area contributed by atoms with Gasteiger partial charge in [0.15, 0.2) is 0 Å². The summed E-state index contributed by atoms with van der Waals surface area (Å²) in [6.07, 6.45) is 8.69. The summed E-state index contributed by atoms with van der Waals surface area (Å²) >= 11 is 0. The Morgan fingerprint density at radius 2 is 2.08 bits per heavy atom. The van der Waals surface area contributed by atoms with Gasteiger partial charge < -0.3 is 10.0 Å². The number of rotatable bonds is 2. The Labute approximate surface area is 147 Å². The number of fused-ring (bicyclic) bond motifs is 1. The van der Waals surface area contributed by atoms with Crippen molar-refractivity contribution in [2.45, 2.75) is 50.5 Å². The van der Waals surface area contributed by atoms with Gasteiger partial charge in [0.25, 0.3) is 0 Å². The van der Waals surface area contributed by atoms with Gasteiger partial charge in [-0.1, -0.05) is 6.07 Å². The number of aliphatic hydroxyl groups is 1. The average molecular weight is 339 g/mol. The molecule has 0 bridgehead atoms. The third-order valence-corrected chi connectivity index (χ3v) is 6.70. The van der Waals surface area contributed by atoms with Gasteiger partial charge >= 0.3 is 0 Å². The van der Waals surface area contributed by atoms with E-state index in [2.05, 4.69) is 23.3 Å². The predicted molar refractivity (Wildman–Crippen MR) is 94.1 cm³/mol. The molecule has 1 N–H and O–H groups in total. The molecule has 3 heterocycles. The van der Waals surface area contributed by atoms with Gasteiger partial charge in [-0.3, -0.25) is 4.79 Å². The van der Waals surface area contributed by atoms with E-state index in [0.29, 0.717) is 24.2 Å². The van der Waals surface area contributed by atoms with Gasteiger partial charge in [-0.05, 0) is 62.6 Å². The summed E-state index contributed by atoms with van der Waals surface area (Å²) in [5.41, 5.74) is 2.32. The molecule has 1 spiro atoms. The number of hydrogen-bond donors (Lipinski definition) is 1. The van der Waals surface area contributed by atoms with E-state index < -0.39 is 5.60 Å². The molecule has 1 atom stereocenters. The molecule has 1 unspecified atom stereocenters. The van der Waals surface area contributed by atoms with E-state index >= 15 is 0 Å². The van der Waals surface area contributed by atoms with E-state index in [-0.39, 0.29) is 11.8 Å². The van der Waals surface area contributed by atoms with Gasteiger partial charge in [0.05, 0.1) is 11.1 Å². The molecular weight excluding hydrogens is 314 g/mol. The van der Waals surface area contributed by atoms with Crippen molar-refractivity contribution >= 4 is 11.4 Å². The Morgan fingerprint density at radius 1 is 1.28 bits per heavy atom. The van der Waals surface area contributed by atoms with Gasteiger partial charge in [0.2, 0.25) is 5.91 Å². The minimum atomic E-state index is -0.620. The zero-order chi connectivity index (χ0) is 17.2. The minimum Gasteiger partial charge on any atom is -0.390 e. The molecule has 0 radical (unpaired) electrons. The second-order valence-electron chi connectivity index (χ2n) is 8.86. The average Bonchev–Trinajstić information content (AvgIpc) is 3.16. The molecular formula is C20H25N3O2. The van der Waals surface area contributed by atoms with Crippen LogP contribution < -0.4 is 0 Å². The second kappa shape index (κ2) is 5.07. The van der Waals surface area contributed by atoms with E-state index in [1.54, 1.807) is 0 Å². The number of aromatic nitrogens is 2. The van der Waals surface area contributed by atoms with Crippen molar-refractivity contribution in [2.24, 2.45) is 11.3 Å². The lowest BCUT2D eigenvalue weighted by Gasteiger charge is -2.52. The fourth-order valence-corrected chi connectivity index (χ4v) is 5.43. The first kappa shape index (κ1) is 15.4. The second-order valence-corrected chi connectivity index (χ2v) is 8.86. The van der Waals surface area contributed by atoms with Crippen molar-refractivity contribution < 1.29 is 9.90 Å². The molecule has 5 rings (SSSR count). The van der Waals surface area contributed by atoms with Crippen LogP contribution in [0.25, 0.3) is 5.52 Å².